The molecule has 2 aromatic rings. The Morgan fingerprint density at radius 1 is 1.32 bits per heavy atom. The summed E-state index contributed by atoms with van der Waals surface area (Å²) < 4.78 is 7.66. The Labute approximate surface area is 170 Å². The molecule has 1 aromatic carbocycles. The number of hydrogen-bond donors (Lipinski definition) is 2. The van der Waals surface area contributed by atoms with Crippen LogP contribution in [0.15, 0.2) is 35.6 Å². The molecule has 0 spiro atoms. The number of guanidine groups is 1. The van der Waals surface area contributed by atoms with Gasteiger partial charge in [0, 0.05) is 31.6 Å². The predicted molar refractivity (Wildman–Crippen MR) is 111 cm³/mol. The Balaban J connectivity index is 0.00000312. The summed E-state index contributed by atoms with van der Waals surface area (Å²) >= 11 is 5.92. The number of nitrogens with one attached hydrogen (secondary N) is 2. The van der Waals surface area contributed by atoms with Gasteiger partial charge in [0.15, 0.2) is 5.96 Å². The Morgan fingerprint density at radius 2 is 2.12 bits per heavy atom. The summed E-state index contributed by atoms with van der Waals surface area (Å²) in [6.07, 6.45) is 2.61. The van der Waals surface area contributed by atoms with Gasteiger partial charge < -0.3 is 19.9 Å². The highest BCUT2D eigenvalue weighted by molar-refractivity contribution is 14.0. The molecule has 0 radical (unpaired) electrons. The van der Waals surface area contributed by atoms with Gasteiger partial charge >= 0.3 is 0 Å². The molecular weight excluding hydrogens is 455 g/mol. The molecule has 2 rings (SSSR count). The van der Waals surface area contributed by atoms with Crippen molar-refractivity contribution in [2.45, 2.75) is 19.9 Å². The van der Waals surface area contributed by atoms with Crippen molar-refractivity contribution in [2.75, 3.05) is 26.7 Å². The van der Waals surface area contributed by atoms with E-state index in [0.717, 1.165) is 37.0 Å². The van der Waals surface area contributed by atoms with Crippen LogP contribution < -0.4 is 15.4 Å². The van der Waals surface area contributed by atoms with E-state index >= 15 is 0 Å². The molecule has 0 bridgehead atoms. The minimum absolute atomic E-state index is 0. The summed E-state index contributed by atoms with van der Waals surface area (Å²) in [6, 6.07) is 7.35. The molecule has 2 N–H and O–H groups in total. The lowest BCUT2D eigenvalue weighted by molar-refractivity contribution is 0.322. The first kappa shape index (κ1) is 21.5. The third-order valence-corrected chi connectivity index (χ3v) is 3.58. The third-order valence-electron chi connectivity index (χ3n) is 3.34. The number of aromatic nitrogens is 3. The van der Waals surface area contributed by atoms with Crippen LogP contribution in [-0.2, 0) is 13.0 Å². The molecule has 9 heteroatoms. The summed E-state index contributed by atoms with van der Waals surface area (Å²) in [4.78, 5) is 4.19. The summed E-state index contributed by atoms with van der Waals surface area (Å²) in [5, 5.41) is 15.1. The molecule has 1 heterocycles. The van der Waals surface area contributed by atoms with Gasteiger partial charge in [-0.15, -0.1) is 34.2 Å². The Kier molecular flexibility index (Phi) is 10.2. The maximum atomic E-state index is 5.92. The molecular formula is C16H24ClIN6O. The van der Waals surface area contributed by atoms with Crippen LogP contribution in [0.25, 0.3) is 0 Å². The van der Waals surface area contributed by atoms with Gasteiger partial charge in [0.05, 0.1) is 6.54 Å². The Hall–Kier alpha value is -1.55. The average Bonchev–Trinajstić information content (AvgIpc) is 3.04. The van der Waals surface area contributed by atoms with Crippen molar-refractivity contribution in [2.24, 2.45) is 4.99 Å². The molecule has 0 saturated heterocycles. The minimum Gasteiger partial charge on any atom is -0.492 e. The van der Waals surface area contributed by atoms with Gasteiger partial charge in [-0.05, 0) is 18.2 Å². The van der Waals surface area contributed by atoms with Gasteiger partial charge in [0.25, 0.3) is 0 Å². The van der Waals surface area contributed by atoms with E-state index in [1.165, 1.54) is 0 Å². The maximum absolute atomic E-state index is 5.92. The molecule has 138 valence electrons. The monoisotopic (exact) mass is 478 g/mol. The van der Waals surface area contributed by atoms with Crippen molar-refractivity contribution in [3.05, 3.63) is 41.4 Å². The molecule has 0 atom stereocenters. The van der Waals surface area contributed by atoms with Gasteiger partial charge in [-0.25, -0.2) is 0 Å². The van der Waals surface area contributed by atoms with Crippen LogP contribution in [0.5, 0.6) is 5.75 Å². The second-order valence-corrected chi connectivity index (χ2v) is 5.46. The lowest BCUT2D eigenvalue weighted by Gasteiger charge is -2.13. The van der Waals surface area contributed by atoms with Crippen molar-refractivity contribution in [3.8, 4) is 5.75 Å². The van der Waals surface area contributed by atoms with Gasteiger partial charge in [0.2, 0.25) is 0 Å². The SMILES string of the molecule is CCc1nncn1CCNC(=NC)NCCOc1cccc(Cl)c1.I. The second kappa shape index (κ2) is 11.9. The van der Waals surface area contributed by atoms with Gasteiger partial charge in [-0.1, -0.05) is 24.6 Å². The van der Waals surface area contributed by atoms with Gasteiger partial charge in [-0.2, -0.15) is 0 Å². The van der Waals surface area contributed by atoms with E-state index in [-0.39, 0.29) is 24.0 Å². The van der Waals surface area contributed by atoms with Crippen LogP contribution in [-0.4, -0.2) is 47.5 Å². The van der Waals surface area contributed by atoms with E-state index in [0.29, 0.717) is 18.2 Å². The highest BCUT2D eigenvalue weighted by Gasteiger charge is 2.02. The van der Waals surface area contributed by atoms with E-state index in [2.05, 4.69) is 32.7 Å². The van der Waals surface area contributed by atoms with E-state index in [1.807, 2.05) is 22.8 Å². The standard InChI is InChI=1S/C16H23ClN6O.HI/c1-3-15-22-21-12-23(15)9-7-19-16(18-2)20-8-10-24-14-6-4-5-13(17)11-14;/h4-6,11-12H,3,7-10H2,1-2H3,(H2,18,19,20);1H. The van der Waals surface area contributed by atoms with Crippen LogP contribution in [0.3, 0.4) is 0 Å². The topological polar surface area (TPSA) is 76.4 Å². The van der Waals surface area contributed by atoms with Crippen molar-refractivity contribution >= 4 is 41.5 Å². The van der Waals surface area contributed by atoms with Gasteiger partial charge in [0.1, 0.15) is 24.5 Å². The van der Waals surface area contributed by atoms with Crippen LogP contribution >= 0.6 is 35.6 Å². The molecule has 1 aromatic heterocycles. The minimum atomic E-state index is 0. The summed E-state index contributed by atoms with van der Waals surface area (Å²) in [6.45, 7) is 4.75. The normalized spacial score (nSPS) is 10.9. The molecule has 0 saturated carbocycles. The fraction of sp³-hybridized carbons (Fsp3) is 0.438. The number of nitrogens with zero attached hydrogens (tertiary/aromatic N) is 4. The smallest absolute Gasteiger partial charge is 0.191 e. The molecule has 7 nitrogen and oxygen atoms in total. The third kappa shape index (κ3) is 7.47. The molecule has 0 amide bonds. The fourth-order valence-electron chi connectivity index (χ4n) is 2.15. The molecule has 0 aliphatic heterocycles. The van der Waals surface area contributed by atoms with Crippen molar-refractivity contribution < 1.29 is 4.74 Å². The van der Waals surface area contributed by atoms with Crippen LogP contribution in [0.1, 0.15) is 12.7 Å². The zero-order valence-electron chi connectivity index (χ0n) is 14.4. The number of aryl methyl sites for hydroxylation is 1. The number of halogens is 2. The first-order valence-corrected chi connectivity index (χ1v) is 8.30. The van der Waals surface area contributed by atoms with Gasteiger partial charge in [-0.3, -0.25) is 4.99 Å². The quantitative estimate of drug-likeness (QED) is 0.264. The van der Waals surface area contributed by atoms with Crippen LogP contribution in [0, 0.1) is 0 Å². The predicted octanol–water partition coefficient (Wildman–Crippen LogP) is 2.36. The number of ether oxygens (including phenoxy) is 1. The zero-order chi connectivity index (χ0) is 17.2. The lowest BCUT2D eigenvalue weighted by atomic mass is 10.3. The van der Waals surface area contributed by atoms with E-state index in [9.17, 15) is 0 Å². The Morgan fingerprint density at radius 3 is 2.84 bits per heavy atom. The molecule has 0 unspecified atom stereocenters. The lowest BCUT2D eigenvalue weighted by Crippen LogP contribution is -2.40. The zero-order valence-corrected chi connectivity index (χ0v) is 17.5. The van der Waals surface area contributed by atoms with E-state index in [4.69, 9.17) is 16.3 Å². The second-order valence-electron chi connectivity index (χ2n) is 5.03. The molecule has 0 aliphatic carbocycles. The number of benzene rings is 1. The fourth-order valence-corrected chi connectivity index (χ4v) is 2.33. The highest BCUT2D eigenvalue weighted by Crippen LogP contribution is 2.16. The van der Waals surface area contributed by atoms with Crippen LogP contribution in [0.2, 0.25) is 5.02 Å². The average molecular weight is 479 g/mol. The molecule has 25 heavy (non-hydrogen) atoms. The van der Waals surface area contributed by atoms with E-state index in [1.54, 1.807) is 19.4 Å². The van der Waals surface area contributed by atoms with Crippen molar-refractivity contribution in [1.82, 2.24) is 25.4 Å². The Bertz CT molecular complexity index is 664. The highest BCUT2D eigenvalue weighted by atomic mass is 127. The number of aliphatic imine (C=N–C) groups is 1. The number of rotatable bonds is 8. The summed E-state index contributed by atoms with van der Waals surface area (Å²) in [5.41, 5.74) is 0. The summed E-state index contributed by atoms with van der Waals surface area (Å²) in [5.74, 6) is 2.47. The van der Waals surface area contributed by atoms with Crippen molar-refractivity contribution in [1.29, 1.82) is 0 Å². The molecule has 0 fully saturated rings. The summed E-state index contributed by atoms with van der Waals surface area (Å²) in [7, 11) is 1.74. The molecule has 0 aliphatic rings. The van der Waals surface area contributed by atoms with E-state index < -0.39 is 0 Å². The van der Waals surface area contributed by atoms with Crippen molar-refractivity contribution in [3.63, 3.8) is 0 Å². The first-order chi connectivity index (χ1) is 11.7. The van der Waals surface area contributed by atoms with Crippen LogP contribution in [0.4, 0.5) is 0 Å². The number of hydrogen-bond acceptors (Lipinski definition) is 4. The largest absolute Gasteiger partial charge is 0.492 e. The first-order valence-electron chi connectivity index (χ1n) is 7.92. The maximum Gasteiger partial charge on any atom is 0.191 e.